The van der Waals surface area contributed by atoms with Gasteiger partial charge in [-0.15, -0.1) is 0 Å². The van der Waals surface area contributed by atoms with Gasteiger partial charge in [0, 0.05) is 12.3 Å². The van der Waals surface area contributed by atoms with E-state index in [2.05, 4.69) is 26.0 Å². The maximum atomic E-state index is 10.3. The second-order valence-electron chi connectivity index (χ2n) is 11.7. The van der Waals surface area contributed by atoms with E-state index in [0.717, 1.165) is 30.8 Å². The van der Waals surface area contributed by atoms with Gasteiger partial charge in [0.25, 0.3) is 0 Å². The number of hydrogen-bond donors (Lipinski definition) is 4. The fraction of sp³-hybridized carbons (Fsp3) is 0.852. The predicted molar refractivity (Wildman–Crippen MR) is 125 cm³/mol. The molecule has 0 amide bonds. The van der Waals surface area contributed by atoms with Crippen molar-refractivity contribution in [2.24, 2.45) is 29.1 Å². The highest BCUT2D eigenvalue weighted by Gasteiger charge is 2.50. The Labute approximate surface area is 189 Å². The Morgan fingerprint density at radius 3 is 2.55 bits per heavy atom. The van der Waals surface area contributed by atoms with Gasteiger partial charge >= 0.3 is 0 Å². The molecule has 0 aromatic carbocycles. The molecule has 0 radical (unpaired) electrons. The van der Waals surface area contributed by atoms with Crippen molar-refractivity contribution in [2.45, 2.75) is 110 Å². The largest absolute Gasteiger partial charge is 0.396 e. The average molecular weight is 435 g/mol. The predicted octanol–water partition coefficient (Wildman–Crippen LogP) is 4.76. The first-order valence-corrected chi connectivity index (χ1v) is 12.6. The molecular weight excluding hydrogens is 388 g/mol. The monoisotopic (exact) mass is 434 g/mol. The van der Waals surface area contributed by atoms with Gasteiger partial charge in [-0.2, -0.15) is 0 Å². The van der Waals surface area contributed by atoms with Gasteiger partial charge in [-0.05, 0) is 82.0 Å². The van der Waals surface area contributed by atoms with Crippen LogP contribution in [0.4, 0.5) is 0 Å². The summed E-state index contributed by atoms with van der Waals surface area (Å²) in [7, 11) is 0. The first-order chi connectivity index (χ1) is 14.5. The lowest BCUT2D eigenvalue weighted by Crippen LogP contribution is -2.36. The zero-order valence-corrected chi connectivity index (χ0v) is 20.2. The maximum absolute atomic E-state index is 10.3. The van der Waals surface area contributed by atoms with E-state index >= 15 is 0 Å². The highest BCUT2D eigenvalue weighted by atomic mass is 16.3. The molecule has 3 rings (SSSR count). The minimum Gasteiger partial charge on any atom is -0.396 e. The molecule has 0 bridgehead atoms. The molecule has 4 nitrogen and oxygen atoms in total. The average Bonchev–Trinajstić information content (AvgIpc) is 3.02. The van der Waals surface area contributed by atoms with Crippen molar-refractivity contribution in [1.29, 1.82) is 0 Å². The number of hydrogen-bond acceptors (Lipinski definition) is 4. The molecule has 3 aliphatic rings. The minimum absolute atomic E-state index is 0.0612. The lowest BCUT2D eigenvalue weighted by molar-refractivity contribution is 0.0102. The van der Waals surface area contributed by atoms with Crippen molar-refractivity contribution in [3.63, 3.8) is 0 Å². The van der Waals surface area contributed by atoms with E-state index < -0.39 is 17.8 Å². The number of rotatable bonds is 7. The molecular formula is C27H46O4. The van der Waals surface area contributed by atoms with Gasteiger partial charge in [0.2, 0.25) is 0 Å². The topological polar surface area (TPSA) is 80.9 Å². The third-order valence-electron chi connectivity index (χ3n) is 8.81. The molecule has 7 atom stereocenters. The third-order valence-corrected chi connectivity index (χ3v) is 8.81. The van der Waals surface area contributed by atoms with Crippen molar-refractivity contribution in [2.75, 3.05) is 6.61 Å². The van der Waals surface area contributed by atoms with Crippen molar-refractivity contribution < 1.29 is 20.4 Å². The zero-order valence-electron chi connectivity index (χ0n) is 20.2. The summed E-state index contributed by atoms with van der Waals surface area (Å²) in [6.45, 7) is 8.67. The van der Waals surface area contributed by atoms with Gasteiger partial charge in [-0.25, -0.2) is 0 Å². The Bertz CT molecular complexity index is 661. The second-order valence-corrected chi connectivity index (χ2v) is 11.7. The van der Waals surface area contributed by atoms with Crippen LogP contribution < -0.4 is 0 Å². The second kappa shape index (κ2) is 10.1. The Kier molecular flexibility index (Phi) is 8.11. The van der Waals surface area contributed by atoms with Crippen LogP contribution in [0.1, 0.15) is 91.9 Å². The quantitative estimate of drug-likeness (QED) is 0.466. The number of aliphatic hydroxyl groups excluding tert-OH is 3. The molecule has 0 saturated heterocycles. The number of aliphatic hydroxyl groups is 4. The minimum atomic E-state index is -0.657. The summed E-state index contributed by atoms with van der Waals surface area (Å²) < 4.78 is 0. The lowest BCUT2D eigenvalue weighted by atomic mass is 9.60. The van der Waals surface area contributed by atoms with E-state index in [1.54, 1.807) is 0 Å². The summed E-state index contributed by atoms with van der Waals surface area (Å²) in [6.07, 6.45) is 13.4. The molecule has 4 heteroatoms. The summed E-state index contributed by atoms with van der Waals surface area (Å²) in [5, 5.41) is 40.1. The van der Waals surface area contributed by atoms with Crippen LogP contribution in [0.25, 0.3) is 0 Å². The van der Waals surface area contributed by atoms with Crippen LogP contribution in [0.2, 0.25) is 0 Å². The first kappa shape index (κ1) is 25.0. The Hall–Kier alpha value is -0.680. The highest BCUT2D eigenvalue weighted by Crippen LogP contribution is 2.60. The van der Waals surface area contributed by atoms with E-state index in [9.17, 15) is 20.4 Å². The van der Waals surface area contributed by atoms with Crippen LogP contribution in [0.5, 0.6) is 0 Å². The fourth-order valence-corrected chi connectivity index (χ4v) is 7.11. The zero-order chi connectivity index (χ0) is 22.8. The summed E-state index contributed by atoms with van der Waals surface area (Å²) in [5.41, 5.74) is 2.29. The molecule has 3 saturated carbocycles. The van der Waals surface area contributed by atoms with E-state index in [1.807, 2.05) is 13.8 Å². The SMILES string of the molecule is C[C@H](CCCC(C)(C)O)[C@H]1CC[C@H]2/C(=C/C=C3\C[C@@H](O)C[C@H](O)[C@@H]3CO)CCC[C@]12C. The van der Waals surface area contributed by atoms with Gasteiger partial charge in [-0.3, -0.25) is 0 Å². The van der Waals surface area contributed by atoms with Crippen LogP contribution in [-0.4, -0.2) is 44.8 Å². The number of fused-ring (bicyclic) bond motifs is 1. The molecule has 0 spiro atoms. The molecule has 4 N–H and O–H groups in total. The van der Waals surface area contributed by atoms with Crippen LogP contribution in [-0.2, 0) is 0 Å². The highest BCUT2D eigenvalue weighted by molar-refractivity contribution is 5.27. The molecule has 0 aromatic rings. The van der Waals surface area contributed by atoms with E-state index in [1.165, 1.54) is 37.7 Å². The molecule has 3 fully saturated rings. The molecule has 3 aliphatic carbocycles. The number of allylic oxidation sites excluding steroid dienone is 3. The Morgan fingerprint density at radius 2 is 1.87 bits per heavy atom. The van der Waals surface area contributed by atoms with Crippen molar-refractivity contribution >= 4 is 0 Å². The first-order valence-electron chi connectivity index (χ1n) is 12.6. The van der Waals surface area contributed by atoms with Crippen LogP contribution in [0.3, 0.4) is 0 Å². The molecule has 0 aliphatic heterocycles. The molecule has 0 heterocycles. The van der Waals surface area contributed by atoms with Gasteiger partial charge in [0.15, 0.2) is 0 Å². The van der Waals surface area contributed by atoms with Crippen LogP contribution in [0.15, 0.2) is 23.3 Å². The smallest absolute Gasteiger partial charge is 0.0652 e. The fourth-order valence-electron chi connectivity index (χ4n) is 7.11. The van der Waals surface area contributed by atoms with Gasteiger partial charge in [0.05, 0.1) is 24.4 Å². The summed E-state index contributed by atoms with van der Waals surface area (Å²) >= 11 is 0. The molecule has 31 heavy (non-hydrogen) atoms. The molecule has 178 valence electrons. The van der Waals surface area contributed by atoms with Gasteiger partial charge in [-0.1, -0.05) is 50.0 Å². The standard InChI is InChI=1S/C27H46O4/c1-18(7-5-13-26(2,3)31)23-11-12-24-19(8-6-14-27(23,24)4)9-10-20-15-21(29)16-25(30)22(20)17-28/h9-10,18,21-25,28-31H,5-8,11-17H2,1-4H3/b19-9+,20-10+/t18-,21-,22-,23-,24+,25+,27-/m1/s1. The summed E-state index contributed by atoms with van der Waals surface area (Å²) in [5.74, 6) is 1.78. The van der Waals surface area contributed by atoms with E-state index in [4.69, 9.17) is 0 Å². The lowest BCUT2D eigenvalue weighted by Gasteiger charge is -2.44. The normalized spacial score (nSPS) is 40.3. The summed E-state index contributed by atoms with van der Waals surface area (Å²) in [4.78, 5) is 0. The molecule has 0 aromatic heterocycles. The summed E-state index contributed by atoms with van der Waals surface area (Å²) in [6, 6.07) is 0. The van der Waals surface area contributed by atoms with Crippen LogP contribution in [0, 0.1) is 29.1 Å². The van der Waals surface area contributed by atoms with Crippen molar-refractivity contribution in [3.8, 4) is 0 Å². The third kappa shape index (κ3) is 5.82. The molecule has 0 unspecified atom stereocenters. The maximum Gasteiger partial charge on any atom is 0.0652 e. The van der Waals surface area contributed by atoms with Crippen LogP contribution >= 0.6 is 0 Å². The van der Waals surface area contributed by atoms with Crippen molar-refractivity contribution in [1.82, 2.24) is 0 Å². The van der Waals surface area contributed by atoms with E-state index in [-0.39, 0.29) is 12.5 Å². The Balaban J connectivity index is 1.71. The Morgan fingerprint density at radius 1 is 1.16 bits per heavy atom. The van der Waals surface area contributed by atoms with Gasteiger partial charge in [0.1, 0.15) is 0 Å². The van der Waals surface area contributed by atoms with Crippen molar-refractivity contribution in [3.05, 3.63) is 23.3 Å². The van der Waals surface area contributed by atoms with E-state index in [0.29, 0.717) is 30.1 Å². The van der Waals surface area contributed by atoms with Gasteiger partial charge < -0.3 is 20.4 Å².